The summed E-state index contributed by atoms with van der Waals surface area (Å²) in [6.07, 6.45) is 3.59. The average molecular weight is 230 g/mol. The Labute approximate surface area is 80.0 Å². The third-order valence-corrected chi connectivity index (χ3v) is 2.08. The molecule has 82 valence electrons. The fourth-order valence-corrected chi connectivity index (χ4v) is 1.01. The van der Waals surface area contributed by atoms with Crippen LogP contribution in [0.5, 0.6) is 0 Å². The summed E-state index contributed by atoms with van der Waals surface area (Å²) in [6.45, 7) is 2.88. The van der Waals surface area contributed by atoms with Crippen molar-refractivity contribution in [3.8, 4) is 0 Å². The smallest absolute Gasteiger partial charge is 0.376 e. The standard InChI is InChI=1S/C7H9F3O3S/c1-3-5-6(4-2)13-14(11,12)7(8,9)10/h3-5H,1-2H3/b5-3-,6-4+. The van der Waals surface area contributed by atoms with Gasteiger partial charge >= 0.3 is 15.6 Å². The van der Waals surface area contributed by atoms with E-state index in [1.807, 2.05) is 0 Å². The first-order chi connectivity index (χ1) is 6.24. The van der Waals surface area contributed by atoms with Crippen molar-refractivity contribution in [2.75, 3.05) is 0 Å². The van der Waals surface area contributed by atoms with E-state index in [0.717, 1.165) is 12.2 Å². The first kappa shape index (κ1) is 13.0. The predicted octanol–water partition coefficient (Wildman–Crippen LogP) is 2.33. The normalized spacial score (nSPS) is 14.8. The van der Waals surface area contributed by atoms with Crippen LogP contribution in [-0.2, 0) is 14.3 Å². The van der Waals surface area contributed by atoms with Gasteiger partial charge in [0, 0.05) is 0 Å². The Morgan fingerprint density at radius 2 is 1.79 bits per heavy atom. The van der Waals surface area contributed by atoms with Gasteiger partial charge in [0.2, 0.25) is 0 Å². The predicted molar refractivity (Wildman–Crippen MR) is 44.6 cm³/mol. The van der Waals surface area contributed by atoms with Gasteiger partial charge in [-0.25, -0.2) is 0 Å². The first-order valence-corrected chi connectivity index (χ1v) is 4.95. The zero-order valence-electron chi connectivity index (χ0n) is 7.50. The van der Waals surface area contributed by atoms with E-state index in [9.17, 15) is 21.6 Å². The molecule has 3 nitrogen and oxygen atoms in total. The molecule has 0 bridgehead atoms. The maximum atomic E-state index is 11.8. The van der Waals surface area contributed by atoms with Gasteiger partial charge in [-0.1, -0.05) is 6.08 Å². The molecule has 0 fully saturated rings. The Balaban J connectivity index is 4.86. The van der Waals surface area contributed by atoms with E-state index in [4.69, 9.17) is 0 Å². The van der Waals surface area contributed by atoms with Crippen LogP contribution in [0.25, 0.3) is 0 Å². The Kier molecular flexibility index (Phi) is 4.18. The average Bonchev–Trinajstić information content (AvgIpc) is 2.01. The molecule has 7 heteroatoms. The molecule has 0 radical (unpaired) electrons. The van der Waals surface area contributed by atoms with Crippen LogP contribution in [0.15, 0.2) is 24.0 Å². The van der Waals surface area contributed by atoms with Gasteiger partial charge in [0.25, 0.3) is 0 Å². The first-order valence-electron chi connectivity index (χ1n) is 3.54. The number of halogens is 3. The number of hydrogen-bond donors (Lipinski definition) is 0. The molecule has 0 spiro atoms. The van der Waals surface area contributed by atoms with Crippen molar-refractivity contribution >= 4 is 10.1 Å². The van der Waals surface area contributed by atoms with Crippen molar-refractivity contribution in [3.05, 3.63) is 24.0 Å². The summed E-state index contributed by atoms with van der Waals surface area (Å²) in [5, 5.41) is 0. The lowest BCUT2D eigenvalue weighted by atomic mass is 10.4. The van der Waals surface area contributed by atoms with E-state index in [1.54, 1.807) is 0 Å². The van der Waals surface area contributed by atoms with Gasteiger partial charge in [-0.2, -0.15) is 21.6 Å². The van der Waals surface area contributed by atoms with Crippen molar-refractivity contribution in [3.63, 3.8) is 0 Å². The zero-order chi connectivity index (χ0) is 11.4. The molecule has 0 aromatic carbocycles. The second-order valence-electron chi connectivity index (χ2n) is 2.17. The minimum atomic E-state index is -5.55. The molecule has 0 aliphatic carbocycles. The molecule has 0 saturated carbocycles. The lowest BCUT2D eigenvalue weighted by Gasteiger charge is -2.09. The van der Waals surface area contributed by atoms with Crippen LogP contribution in [0, 0.1) is 0 Å². The molecule has 0 atom stereocenters. The lowest BCUT2D eigenvalue weighted by Crippen LogP contribution is -2.25. The van der Waals surface area contributed by atoms with E-state index >= 15 is 0 Å². The quantitative estimate of drug-likeness (QED) is 0.323. The number of allylic oxidation sites excluding steroid dienone is 3. The Morgan fingerprint density at radius 3 is 2.07 bits per heavy atom. The van der Waals surface area contributed by atoms with E-state index in [2.05, 4.69) is 4.18 Å². The zero-order valence-corrected chi connectivity index (χ0v) is 8.32. The second-order valence-corrected chi connectivity index (χ2v) is 3.71. The highest BCUT2D eigenvalue weighted by atomic mass is 32.2. The molecule has 0 rings (SSSR count). The topological polar surface area (TPSA) is 43.4 Å². The highest BCUT2D eigenvalue weighted by Gasteiger charge is 2.48. The summed E-state index contributed by atoms with van der Waals surface area (Å²) in [5.74, 6) is -0.371. The van der Waals surface area contributed by atoms with Gasteiger partial charge in [0.05, 0.1) is 0 Å². The van der Waals surface area contributed by atoms with Gasteiger partial charge in [-0.3, -0.25) is 0 Å². The van der Waals surface area contributed by atoms with Crippen molar-refractivity contribution in [1.29, 1.82) is 0 Å². The Morgan fingerprint density at radius 1 is 1.29 bits per heavy atom. The second kappa shape index (κ2) is 4.50. The van der Waals surface area contributed by atoms with Gasteiger partial charge in [0.15, 0.2) is 0 Å². The third-order valence-electron chi connectivity index (χ3n) is 1.10. The molecule has 0 aromatic heterocycles. The molecule has 14 heavy (non-hydrogen) atoms. The van der Waals surface area contributed by atoms with Crippen molar-refractivity contribution in [2.24, 2.45) is 0 Å². The summed E-state index contributed by atoms with van der Waals surface area (Å²) in [7, 11) is -5.55. The Hall–Kier alpha value is -0.980. The summed E-state index contributed by atoms with van der Waals surface area (Å²) in [6, 6.07) is 0. The molecular formula is C7H9F3O3S. The molecule has 0 amide bonds. The summed E-state index contributed by atoms with van der Waals surface area (Å²) >= 11 is 0. The number of hydrogen-bond acceptors (Lipinski definition) is 3. The van der Waals surface area contributed by atoms with Gasteiger partial charge < -0.3 is 4.18 Å². The van der Waals surface area contributed by atoms with Crippen LogP contribution in [0.2, 0.25) is 0 Å². The highest BCUT2D eigenvalue weighted by molar-refractivity contribution is 7.87. The summed E-state index contributed by atoms with van der Waals surface area (Å²) < 4.78 is 60.2. The van der Waals surface area contributed by atoms with Gasteiger partial charge in [-0.05, 0) is 26.0 Å². The molecular weight excluding hydrogens is 221 g/mol. The highest BCUT2D eigenvalue weighted by Crippen LogP contribution is 2.26. The van der Waals surface area contributed by atoms with Crippen LogP contribution < -0.4 is 0 Å². The van der Waals surface area contributed by atoms with Gasteiger partial charge in [-0.15, -0.1) is 0 Å². The van der Waals surface area contributed by atoms with Crippen LogP contribution in [0.3, 0.4) is 0 Å². The molecule has 0 unspecified atom stereocenters. The van der Waals surface area contributed by atoms with E-state index < -0.39 is 15.6 Å². The molecule has 0 heterocycles. The maximum absolute atomic E-state index is 11.8. The van der Waals surface area contributed by atoms with Gasteiger partial charge in [0.1, 0.15) is 5.76 Å². The summed E-state index contributed by atoms with van der Waals surface area (Å²) in [5.41, 5.74) is -5.40. The molecule has 0 aromatic rings. The monoisotopic (exact) mass is 230 g/mol. The molecule has 0 aliphatic rings. The fourth-order valence-electron chi connectivity index (χ4n) is 0.510. The molecule has 0 N–H and O–H groups in total. The van der Waals surface area contributed by atoms with Crippen LogP contribution >= 0.6 is 0 Å². The number of rotatable bonds is 3. The van der Waals surface area contributed by atoms with Crippen LogP contribution in [-0.4, -0.2) is 13.9 Å². The minimum absolute atomic E-state index is 0.371. The van der Waals surface area contributed by atoms with Crippen molar-refractivity contribution in [2.45, 2.75) is 19.4 Å². The minimum Gasteiger partial charge on any atom is -0.376 e. The van der Waals surface area contributed by atoms with Crippen LogP contribution in [0.4, 0.5) is 13.2 Å². The van der Waals surface area contributed by atoms with Crippen molar-refractivity contribution < 1.29 is 25.8 Å². The van der Waals surface area contributed by atoms with Crippen molar-refractivity contribution in [1.82, 2.24) is 0 Å². The molecule has 0 saturated heterocycles. The maximum Gasteiger partial charge on any atom is 0.534 e. The van der Waals surface area contributed by atoms with E-state index in [-0.39, 0.29) is 5.76 Å². The Bertz CT molecular complexity index is 338. The van der Waals surface area contributed by atoms with E-state index in [1.165, 1.54) is 19.9 Å². The van der Waals surface area contributed by atoms with E-state index in [0.29, 0.717) is 0 Å². The SMILES string of the molecule is C/C=C\C(=C/C)OS(=O)(=O)C(F)(F)F. The van der Waals surface area contributed by atoms with Crippen LogP contribution in [0.1, 0.15) is 13.8 Å². The largest absolute Gasteiger partial charge is 0.534 e. The fraction of sp³-hybridized carbons (Fsp3) is 0.429. The third kappa shape index (κ3) is 3.41. The lowest BCUT2D eigenvalue weighted by molar-refractivity contribution is -0.0519. The summed E-state index contributed by atoms with van der Waals surface area (Å²) in [4.78, 5) is 0. The molecule has 0 aliphatic heterocycles. The number of alkyl halides is 3.